The van der Waals surface area contributed by atoms with E-state index in [4.69, 9.17) is 0 Å². The van der Waals surface area contributed by atoms with Crippen LogP contribution in [0.5, 0.6) is 0 Å². The summed E-state index contributed by atoms with van der Waals surface area (Å²) in [5, 5.41) is 11.1. The van der Waals surface area contributed by atoms with Crippen molar-refractivity contribution in [2.24, 2.45) is 11.8 Å². The molecule has 0 radical (unpaired) electrons. The molecule has 1 amide bonds. The highest BCUT2D eigenvalue weighted by molar-refractivity contribution is 6.06. The van der Waals surface area contributed by atoms with Gasteiger partial charge in [-0.05, 0) is 30.7 Å². The second-order valence-electron chi connectivity index (χ2n) is 7.20. The minimum absolute atomic E-state index is 0.0107. The van der Waals surface area contributed by atoms with Gasteiger partial charge in [-0.3, -0.25) is 4.79 Å². The van der Waals surface area contributed by atoms with Crippen molar-refractivity contribution in [1.29, 1.82) is 0 Å². The lowest BCUT2D eigenvalue weighted by atomic mass is 10.1. The van der Waals surface area contributed by atoms with Gasteiger partial charge in [-0.15, -0.1) is 0 Å². The summed E-state index contributed by atoms with van der Waals surface area (Å²) in [5.41, 5.74) is 1.83. The normalized spacial score (nSPS) is 16.0. The average molecular weight is 314 g/mol. The minimum Gasteiger partial charge on any atom is -0.391 e. The monoisotopic (exact) mass is 314 g/mol. The largest absolute Gasteiger partial charge is 0.391 e. The second-order valence-corrected chi connectivity index (χ2v) is 7.20. The summed E-state index contributed by atoms with van der Waals surface area (Å²) in [7, 11) is 1.78. The van der Waals surface area contributed by atoms with Crippen LogP contribution in [0.4, 0.5) is 0 Å². The minimum atomic E-state index is -0.395. The number of rotatable bonds is 6. The fraction of sp³-hybridized carbons (Fsp3) is 0.526. The Labute approximate surface area is 137 Å². The maximum absolute atomic E-state index is 12.8. The third-order valence-electron chi connectivity index (χ3n) is 4.55. The van der Waals surface area contributed by atoms with Crippen LogP contribution in [0.25, 0.3) is 10.9 Å². The van der Waals surface area contributed by atoms with E-state index in [1.807, 2.05) is 24.4 Å². The highest BCUT2D eigenvalue weighted by Crippen LogP contribution is 2.33. The zero-order chi connectivity index (χ0) is 16.6. The van der Waals surface area contributed by atoms with Crippen molar-refractivity contribution in [3.63, 3.8) is 0 Å². The number of hydrogen-bond acceptors (Lipinski definition) is 2. The summed E-state index contributed by atoms with van der Waals surface area (Å²) in [6.45, 7) is 5.65. The Morgan fingerprint density at radius 2 is 2.04 bits per heavy atom. The third kappa shape index (κ3) is 3.42. The van der Waals surface area contributed by atoms with Crippen LogP contribution in [0.15, 0.2) is 30.5 Å². The molecule has 1 N–H and O–H groups in total. The summed E-state index contributed by atoms with van der Waals surface area (Å²) < 4.78 is 2.17. The standard InChI is InChI=1S/C19H26N2O2/c1-13(2)10-21-11-16(15-6-4-5-7-17(15)21)19(23)20(3)12-18(22)14-8-9-14/h4-7,11,13-14,18,22H,8-10,12H2,1-3H3. The van der Waals surface area contributed by atoms with Crippen LogP contribution in [-0.2, 0) is 6.54 Å². The van der Waals surface area contributed by atoms with Gasteiger partial charge in [0.2, 0.25) is 0 Å². The number of carbonyl (C=O) groups is 1. The molecule has 1 aliphatic carbocycles. The van der Waals surface area contributed by atoms with Crippen LogP contribution in [0.1, 0.15) is 37.0 Å². The molecule has 0 aliphatic heterocycles. The topological polar surface area (TPSA) is 45.5 Å². The number of aliphatic hydroxyl groups excluding tert-OH is 1. The Balaban J connectivity index is 1.87. The summed E-state index contributed by atoms with van der Waals surface area (Å²) in [4.78, 5) is 14.5. The number of amides is 1. The summed E-state index contributed by atoms with van der Waals surface area (Å²) in [6.07, 6.45) is 3.73. The molecule has 1 aromatic carbocycles. The molecule has 2 aromatic rings. The van der Waals surface area contributed by atoms with Crippen molar-refractivity contribution >= 4 is 16.8 Å². The Kier molecular flexibility index (Phi) is 4.44. The molecule has 0 bridgehead atoms. The molecule has 1 atom stereocenters. The second kappa shape index (κ2) is 6.36. The molecule has 1 aromatic heterocycles. The quantitative estimate of drug-likeness (QED) is 0.890. The third-order valence-corrected chi connectivity index (χ3v) is 4.55. The molecule has 1 aliphatic rings. The average Bonchev–Trinajstić information content (AvgIpc) is 3.30. The number of likely N-dealkylation sites (N-methyl/N-ethyl adjacent to an activating group) is 1. The summed E-state index contributed by atoms with van der Waals surface area (Å²) >= 11 is 0. The van der Waals surface area contributed by atoms with E-state index in [0.717, 1.165) is 35.9 Å². The van der Waals surface area contributed by atoms with Crippen LogP contribution < -0.4 is 0 Å². The van der Waals surface area contributed by atoms with Gasteiger partial charge >= 0.3 is 0 Å². The Bertz CT molecular complexity index is 700. The van der Waals surface area contributed by atoms with Gasteiger partial charge in [0.15, 0.2) is 0 Å². The first kappa shape index (κ1) is 16.1. The number of hydrogen-bond donors (Lipinski definition) is 1. The van der Waals surface area contributed by atoms with Crippen LogP contribution in [0.2, 0.25) is 0 Å². The molecule has 1 fully saturated rings. The smallest absolute Gasteiger partial charge is 0.255 e. The fourth-order valence-electron chi connectivity index (χ4n) is 3.16. The van der Waals surface area contributed by atoms with Gasteiger partial charge in [0.1, 0.15) is 0 Å². The molecule has 1 saturated carbocycles. The van der Waals surface area contributed by atoms with E-state index in [2.05, 4.69) is 24.5 Å². The number of benzene rings is 1. The number of carbonyl (C=O) groups excluding carboxylic acids is 1. The first-order valence-electron chi connectivity index (χ1n) is 8.48. The highest BCUT2D eigenvalue weighted by Gasteiger charge is 2.31. The number of aliphatic hydroxyl groups is 1. The SMILES string of the molecule is CC(C)Cn1cc(C(=O)N(C)CC(O)C2CC2)c2ccccc21. The van der Waals surface area contributed by atoms with Crippen LogP contribution in [0.3, 0.4) is 0 Å². The zero-order valence-electron chi connectivity index (χ0n) is 14.2. The number of aromatic nitrogens is 1. The van der Waals surface area contributed by atoms with Crippen molar-refractivity contribution in [3.05, 3.63) is 36.0 Å². The molecular formula is C19H26N2O2. The van der Waals surface area contributed by atoms with Gasteiger partial charge in [-0.2, -0.15) is 0 Å². The van der Waals surface area contributed by atoms with E-state index in [-0.39, 0.29) is 5.91 Å². The Morgan fingerprint density at radius 1 is 1.35 bits per heavy atom. The molecule has 4 nitrogen and oxygen atoms in total. The molecule has 3 rings (SSSR count). The zero-order valence-corrected chi connectivity index (χ0v) is 14.2. The number of para-hydroxylation sites is 1. The van der Waals surface area contributed by atoms with E-state index in [9.17, 15) is 9.90 Å². The van der Waals surface area contributed by atoms with Crippen LogP contribution in [0, 0.1) is 11.8 Å². The molecule has 124 valence electrons. The summed E-state index contributed by atoms with van der Waals surface area (Å²) in [5.74, 6) is 0.888. The van der Waals surface area contributed by atoms with Crippen molar-refractivity contribution in [2.75, 3.05) is 13.6 Å². The Hall–Kier alpha value is -1.81. The van der Waals surface area contributed by atoms with Crippen LogP contribution in [-0.4, -0.2) is 40.2 Å². The van der Waals surface area contributed by atoms with Gasteiger partial charge in [-0.1, -0.05) is 32.0 Å². The van der Waals surface area contributed by atoms with Crippen molar-refractivity contribution < 1.29 is 9.90 Å². The maximum atomic E-state index is 12.8. The summed E-state index contributed by atoms with van der Waals surface area (Å²) in [6, 6.07) is 8.05. The number of fused-ring (bicyclic) bond motifs is 1. The van der Waals surface area contributed by atoms with E-state index >= 15 is 0 Å². The van der Waals surface area contributed by atoms with Crippen molar-refractivity contribution in [3.8, 4) is 0 Å². The van der Waals surface area contributed by atoms with E-state index in [0.29, 0.717) is 18.4 Å². The predicted molar refractivity (Wildman–Crippen MR) is 92.5 cm³/mol. The maximum Gasteiger partial charge on any atom is 0.255 e. The van der Waals surface area contributed by atoms with E-state index in [1.165, 1.54) is 0 Å². The lowest BCUT2D eigenvalue weighted by molar-refractivity contribution is 0.0647. The number of nitrogens with zero attached hydrogens (tertiary/aromatic N) is 2. The van der Waals surface area contributed by atoms with Gasteiger partial charge in [0.05, 0.1) is 11.7 Å². The van der Waals surface area contributed by atoms with Crippen molar-refractivity contribution in [2.45, 2.75) is 39.3 Å². The van der Waals surface area contributed by atoms with E-state index < -0.39 is 6.10 Å². The fourth-order valence-corrected chi connectivity index (χ4v) is 3.16. The van der Waals surface area contributed by atoms with Gasteiger partial charge in [0, 0.05) is 37.2 Å². The molecule has 4 heteroatoms. The molecule has 0 saturated heterocycles. The molecule has 1 heterocycles. The van der Waals surface area contributed by atoms with Gasteiger partial charge < -0.3 is 14.6 Å². The van der Waals surface area contributed by atoms with E-state index in [1.54, 1.807) is 11.9 Å². The first-order chi connectivity index (χ1) is 11.0. The van der Waals surface area contributed by atoms with Gasteiger partial charge in [-0.25, -0.2) is 0 Å². The predicted octanol–water partition coefficient (Wildman–Crippen LogP) is 3.14. The van der Waals surface area contributed by atoms with Gasteiger partial charge in [0.25, 0.3) is 5.91 Å². The lowest BCUT2D eigenvalue weighted by Gasteiger charge is -2.20. The molecular weight excluding hydrogens is 288 g/mol. The van der Waals surface area contributed by atoms with Crippen LogP contribution >= 0.6 is 0 Å². The lowest BCUT2D eigenvalue weighted by Crippen LogP contribution is -2.35. The highest BCUT2D eigenvalue weighted by atomic mass is 16.3. The molecule has 0 spiro atoms. The van der Waals surface area contributed by atoms with Crippen molar-refractivity contribution in [1.82, 2.24) is 9.47 Å². The molecule has 1 unspecified atom stereocenters. The Morgan fingerprint density at radius 3 is 2.70 bits per heavy atom. The molecule has 23 heavy (non-hydrogen) atoms. The first-order valence-corrected chi connectivity index (χ1v) is 8.48.